The van der Waals surface area contributed by atoms with E-state index in [1.54, 1.807) is 6.07 Å². The zero-order valence-electron chi connectivity index (χ0n) is 7.31. The highest BCUT2D eigenvalue weighted by Gasteiger charge is 2.03. The second kappa shape index (κ2) is 4.38. The van der Waals surface area contributed by atoms with E-state index in [9.17, 15) is 9.18 Å². The number of carbonyl (C=O) groups excluding carboxylic acids is 1. The number of hydrogen-bond donors (Lipinski definition) is 0. The van der Waals surface area contributed by atoms with E-state index in [4.69, 9.17) is 11.6 Å². The number of hydrogen-bond acceptors (Lipinski definition) is 1. The molecule has 0 atom stereocenters. The van der Waals surface area contributed by atoms with Crippen molar-refractivity contribution in [2.24, 2.45) is 0 Å². The Hall–Kier alpha value is -0.890. The summed E-state index contributed by atoms with van der Waals surface area (Å²) in [5, 5.41) is -0.431. The molecule has 1 aromatic rings. The number of benzene rings is 1. The lowest BCUT2D eigenvalue weighted by atomic mass is 10.1. The van der Waals surface area contributed by atoms with Crippen LogP contribution in [0.1, 0.15) is 17.5 Å². The molecule has 1 aromatic carbocycles. The molecule has 0 aliphatic rings. The quantitative estimate of drug-likeness (QED) is 0.686. The predicted octanol–water partition coefficient (Wildman–Crippen LogP) is 2.83. The minimum atomic E-state index is -0.431. The summed E-state index contributed by atoms with van der Waals surface area (Å²) in [6.45, 7) is 1.82. The van der Waals surface area contributed by atoms with Crippen molar-refractivity contribution >= 4 is 16.8 Å². The summed E-state index contributed by atoms with van der Waals surface area (Å²) in [7, 11) is 0. The molecule has 0 amide bonds. The fourth-order valence-corrected chi connectivity index (χ4v) is 1.18. The van der Waals surface area contributed by atoms with Crippen molar-refractivity contribution in [2.45, 2.75) is 19.8 Å². The van der Waals surface area contributed by atoms with Crippen LogP contribution in [-0.2, 0) is 11.2 Å². The Bertz CT molecular complexity index is 323. The molecule has 0 aliphatic heterocycles. The van der Waals surface area contributed by atoms with Gasteiger partial charge in [-0.1, -0.05) is 12.1 Å². The average Bonchev–Trinajstić information content (AvgIpc) is 2.02. The van der Waals surface area contributed by atoms with Gasteiger partial charge in [0.1, 0.15) is 5.82 Å². The van der Waals surface area contributed by atoms with Crippen LogP contribution in [0.2, 0.25) is 0 Å². The van der Waals surface area contributed by atoms with Gasteiger partial charge in [-0.15, -0.1) is 0 Å². The molecule has 1 rings (SSSR count). The van der Waals surface area contributed by atoms with Gasteiger partial charge in [-0.05, 0) is 42.1 Å². The second-order valence-corrected chi connectivity index (χ2v) is 3.37. The van der Waals surface area contributed by atoms with Crippen molar-refractivity contribution in [3.05, 3.63) is 35.1 Å². The van der Waals surface area contributed by atoms with Gasteiger partial charge >= 0.3 is 0 Å². The van der Waals surface area contributed by atoms with Gasteiger partial charge in [0.2, 0.25) is 5.24 Å². The van der Waals surface area contributed by atoms with E-state index in [1.165, 1.54) is 6.07 Å². The van der Waals surface area contributed by atoms with Gasteiger partial charge in [0.25, 0.3) is 0 Å². The fraction of sp³-hybridized carbons (Fsp3) is 0.300. The van der Waals surface area contributed by atoms with E-state index in [1.807, 2.05) is 13.0 Å². The minimum absolute atomic E-state index is 0.182. The van der Waals surface area contributed by atoms with Crippen LogP contribution in [0.25, 0.3) is 0 Å². The Labute approximate surface area is 81.5 Å². The summed E-state index contributed by atoms with van der Waals surface area (Å²) in [6, 6.07) is 4.95. The van der Waals surface area contributed by atoms with E-state index in [0.717, 1.165) is 5.56 Å². The zero-order valence-corrected chi connectivity index (χ0v) is 8.07. The molecule has 0 fully saturated rings. The summed E-state index contributed by atoms with van der Waals surface area (Å²) in [5.41, 5.74) is 1.41. The SMILES string of the molecule is Cc1ccc(CCC(=O)Cl)c(F)c1. The molecule has 0 radical (unpaired) electrons. The van der Waals surface area contributed by atoms with Gasteiger partial charge in [-0.25, -0.2) is 4.39 Å². The van der Waals surface area contributed by atoms with E-state index in [0.29, 0.717) is 12.0 Å². The highest BCUT2D eigenvalue weighted by Crippen LogP contribution is 2.12. The highest BCUT2D eigenvalue weighted by atomic mass is 35.5. The number of halogens is 2. The molecule has 0 saturated heterocycles. The summed E-state index contributed by atoms with van der Waals surface area (Å²) in [6.07, 6.45) is 0.552. The van der Waals surface area contributed by atoms with Crippen molar-refractivity contribution < 1.29 is 9.18 Å². The zero-order chi connectivity index (χ0) is 9.84. The van der Waals surface area contributed by atoms with Crippen molar-refractivity contribution in [3.8, 4) is 0 Å². The van der Waals surface area contributed by atoms with Crippen LogP contribution in [0, 0.1) is 12.7 Å². The molecule has 0 bridgehead atoms. The first-order valence-electron chi connectivity index (χ1n) is 4.03. The molecular weight excluding hydrogens is 191 g/mol. The molecule has 70 valence electrons. The standard InChI is InChI=1S/C10H10ClFO/c1-7-2-3-8(9(12)6-7)4-5-10(11)13/h2-3,6H,4-5H2,1H3. The molecule has 13 heavy (non-hydrogen) atoms. The lowest BCUT2D eigenvalue weighted by molar-refractivity contribution is -0.111. The summed E-state index contributed by atoms with van der Waals surface area (Å²) >= 11 is 5.15. The van der Waals surface area contributed by atoms with E-state index >= 15 is 0 Å². The molecule has 0 aliphatic carbocycles. The maximum atomic E-state index is 13.1. The number of rotatable bonds is 3. The third-order valence-electron chi connectivity index (χ3n) is 1.80. The predicted molar refractivity (Wildman–Crippen MR) is 50.3 cm³/mol. The maximum absolute atomic E-state index is 13.1. The van der Waals surface area contributed by atoms with E-state index in [2.05, 4.69) is 0 Å². The number of carbonyl (C=O) groups is 1. The highest BCUT2D eigenvalue weighted by molar-refractivity contribution is 6.63. The molecule has 0 heterocycles. The molecule has 0 N–H and O–H groups in total. The van der Waals surface area contributed by atoms with E-state index < -0.39 is 5.24 Å². The lowest BCUT2D eigenvalue weighted by Gasteiger charge is -2.01. The van der Waals surface area contributed by atoms with Crippen LogP contribution in [0.5, 0.6) is 0 Å². The minimum Gasteiger partial charge on any atom is -0.281 e. The largest absolute Gasteiger partial charge is 0.281 e. The Kier molecular flexibility index (Phi) is 3.43. The summed E-state index contributed by atoms with van der Waals surface area (Å²) in [5.74, 6) is -0.266. The monoisotopic (exact) mass is 200 g/mol. The first kappa shape index (κ1) is 10.2. The topological polar surface area (TPSA) is 17.1 Å². The van der Waals surface area contributed by atoms with Crippen LogP contribution in [0.3, 0.4) is 0 Å². The van der Waals surface area contributed by atoms with Crippen LogP contribution in [-0.4, -0.2) is 5.24 Å². The maximum Gasteiger partial charge on any atom is 0.221 e. The second-order valence-electron chi connectivity index (χ2n) is 2.95. The van der Waals surface area contributed by atoms with Gasteiger partial charge in [-0.3, -0.25) is 4.79 Å². The average molecular weight is 201 g/mol. The van der Waals surface area contributed by atoms with Crippen molar-refractivity contribution in [2.75, 3.05) is 0 Å². The van der Waals surface area contributed by atoms with Gasteiger partial charge in [-0.2, -0.15) is 0 Å². The Morgan fingerprint density at radius 1 is 1.54 bits per heavy atom. The molecule has 0 aromatic heterocycles. The van der Waals surface area contributed by atoms with Crippen molar-refractivity contribution in [1.29, 1.82) is 0 Å². The molecule has 0 unspecified atom stereocenters. The van der Waals surface area contributed by atoms with Gasteiger partial charge in [0, 0.05) is 6.42 Å². The summed E-state index contributed by atoms with van der Waals surface area (Å²) in [4.78, 5) is 10.4. The first-order valence-corrected chi connectivity index (χ1v) is 4.41. The fourth-order valence-electron chi connectivity index (χ4n) is 1.09. The Balaban J connectivity index is 2.72. The van der Waals surface area contributed by atoms with E-state index in [-0.39, 0.29) is 12.2 Å². The van der Waals surface area contributed by atoms with Crippen molar-refractivity contribution in [3.63, 3.8) is 0 Å². The molecule has 0 spiro atoms. The normalized spacial score (nSPS) is 10.1. The van der Waals surface area contributed by atoms with Gasteiger partial charge in [0.15, 0.2) is 0 Å². The van der Waals surface area contributed by atoms with Crippen LogP contribution in [0.4, 0.5) is 4.39 Å². The van der Waals surface area contributed by atoms with Gasteiger partial charge < -0.3 is 0 Å². The molecule has 3 heteroatoms. The summed E-state index contributed by atoms with van der Waals surface area (Å²) < 4.78 is 13.1. The molecular formula is C10H10ClFO. The van der Waals surface area contributed by atoms with Crippen LogP contribution < -0.4 is 0 Å². The third kappa shape index (κ3) is 3.15. The third-order valence-corrected chi connectivity index (χ3v) is 1.99. The lowest BCUT2D eigenvalue weighted by Crippen LogP contribution is -1.95. The smallest absolute Gasteiger partial charge is 0.221 e. The molecule has 1 nitrogen and oxygen atoms in total. The Morgan fingerprint density at radius 3 is 2.77 bits per heavy atom. The van der Waals surface area contributed by atoms with Gasteiger partial charge in [0.05, 0.1) is 0 Å². The van der Waals surface area contributed by atoms with Crippen LogP contribution >= 0.6 is 11.6 Å². The van der Waals surface area contributed by atoms with Crippen LogP contribution in [0.15, 0.2) is 18.2 Å². The van der Waals surface area contributed by atoms with Crippen molar-refractivity contribution in [1.82, 2.24) is 0 Å². The number of aryl methyl sites for hydroxylation is 2. The Morgan fingerprint density at radius 2 is 2.23 bits per heavy atom. The molecule has 0 saturated carbocycles. The first-order chi connectivity index (χ1) is 6.09.